The monoisotopic (exact) mass is 218 g/mol. The minimum atomic E-state index is -0.338. The largest absolute Gasteiger partial charge is 0.359 e. The number of aromatic nitrogens is 1. The molecule has 0 aromatic carbocycles. The van der Waals surface area contributed by atoms with E-state index in [1.165, 1.54) is 11.1 Å². The molecule has 1 N–H and O–H groups in total. The number of nitrogens with one attached hydrogen (secondary N) is 1. The van der Waals surface area contributed by atoms with Crippen molar-refractivity contribution in [3.05, 3.63) is 23.9 Å². The van der Waals surface area contributed by atoms with Crippen LogP contribution in [0.5, 0.6) is 0 Å². The van der Waals surface area contributed by atoms with Gasteiger partial charge in [0.2, 0.25) is 5.91 Å². The Labute approximate surface area is 94.7 Å². The number of amides is 1. The molecule has 0 bridgehead atoms. The zero-order chi connectivity index (χ0) is 12.1. The van der Waals surface area contributed by atoms with E-state index in [0.29, 0.717) is 11.4 Å². The summed E-state index contributed by atoms with van der Waals surface area (Å²) in [5.41, 5.74) is 0.497. The average molecular weight is 218 g/mol. The van der Waals surface area contributed by atoms with Gasteiger partial charge in [0.05, 0.1) is 5.56 Å². The molecule has 1 rings (SSSR count). The number of rotatable bonds is 3. The molecule has 0 saturated heterocycles. The lowest BCUT2D eigenvalue weighted by molar-refractivity contribution is -0.129. The summed E-state index contributed by atoms with van der Waals surface area (Å²) < 4.78 is 0. The van der Waals surface area contributed by atoms with Crippen molar-refractivity contribution in [1.82, 2.24) is 9.88 Å². The number of pyridine rings is 1. The van der Waals surface area contributed by atoms with Gasteiger partial charge in [-0.15, -0.1) is 0 Å². The van der Waals surface area contributed by atoms with Crippen LogP contribution in [0.15, 0.2) is 18.3 Å². The van der Waals surface area contributed by atoms with Crippen molar-refractivity contribution in [3.63, 3.8) is 0 Å². The van der Waals surface area contributed by atoms with Crippen molar-refractivity contribution in [2.45, 2.75) is 13.0 Å². The third kappa shape index (κ3) is 2.95. The Kier molecular flexibility index (Phi) is 3.84. The Bertz CT molecular complexity index is 405. The van der Waals surface area contributed by atoms with Gasteiger partial charge in [-0.3, -0.25) is 4.79 Å². The van der Waals surface area contributed by atoms with Crippen molar-refractivity contribution in [1.29, 1.82) is 5.26 Å². The highest BCUT2D eigenvalue weighted by molar-refractivity contribution is 5.83. The maximum absolute atomic E-state index is 11.6. The van der Waals surface area contributed by atoms with E-state index in [1.54, 1.807) is 33.2 Å². The van der Waals surface area contributed by atoms with Crippen LogP contribution in [0.3, 0.4) is 0 Å². The fourth-order valence-corrected chi connectivity index (χ4v) is 1.22. The van der Waals surface area contributed by atoms with Crippen LogP contribution in [0, 0.1) is 11.3 Å². The summed E-state index contributed by atoms with van der Waals surface area (Å²) in [4.78, 5) is 17.1. The minimum absolute atomic E-state index is 0.0221. The Morgan fingerprint density at radius 3 is 2.69 bits per heavy atom. The summed E-state index contributed by atoms with van der Waals surface area (Å²) in [5, 5.41) is 11.6. The zero-order valence-corrected chi connectivity index (χ0v) is 9.56. The van der Waals surface area contributed by atoms with E-state index in [4.69, 9.17) is 5.26 Å². The topological polar surface area (TPSA) is 69.0 Å². The predicted molar refractivity (Wildman–Crippen MR) is 60.7 cm³/mol. The number of hydrogen-bond acceptors (Lipinski definition) is 4. The molecule has 1 heterocycles. The molecule has 1 aromatic rings. The molecule has 0 fully saturated rings. The van der Waals surface area contributed by atoms with Crippen LogP contribution in [-0.2, 0) is 4.79 Å². The first-order valence-electron chi connectivity index (χ1n) is 4.88. The second kappa shape index (κ2) is 5.12. The third-order valence-corrected chi connectivity index (χ3v) is 2.07. The highest BCUT2D eigenvalue weighted by Crippen LogP contribution is 2.06. The molecule has 0 aliphatic heterocycles. The molecule has 0 saturated carbocycles. The lowest BCUT2D eigenvalue weighted by Crippen LogP contribution is -2.36. The Balaban J connectivity index is 2.67. The van der Waals surface area contributed by atoms with Gasteiger partial charge in [-0.1, -0.05) is 0 Å². The number of nitriles is 1. The quantitative estimate of drug-likeness (QED) is 0.816. The predicted octanol–water partition coefficient (Wildman–Crippen LogP) is 0.842. The fourth-order valence-electron chi connectivity index (χ4n) is 1.22. The van der Waals surface area contributed by atoms with E-state index in [2.05, 4.69) is 10.3 Å². The highest BCUT2D eigenvalue weighted by atomic mass is 16.2. The molecule has 1 aromatic heterocycles. The molecule has 0 spiro atoms. The van der Waals surface area contributed by atoms with Gasteiger partial charge in [-0.2, -0.15) is 5.26 Å². The van der Waals surface area contributed by atoms with Gasteiger partial charge in [0.1, 0.15) is 17.9 Å². The molecular weight excluding hydrogens is 204 g/mol. The molecule has 1 amide bonds. The normalized spacial score (nSPS) is 11.4. The van der Waals surface area contributed by atoms with E-state index in [1.807, 2.05) is 6.07 Å². The van der Waals surface area contributed by atoms with E-state index in [0.717, 1.165) is 0 Å². The smallest absolute Gasteiger partial charge is 0.244 e. The van der Waals surface area contributed by atoms with Crippen LogP contribution in [0.4, 0.5) is 5.82 Å². The lowest BCUT2D eigenvalue weighted by atomic mass is 10.2. The van der Waals surface area contributed by atoms with Crippen molar-refractivity contribution >= 4 is 11.7 Å². The van der Waals surface area contributed by atoms with E-state index < -0.39 is 0 Å². The van der Waals surface area contributed by atoms with E-state index >= 15 is 0 Å². The first kappa shape index (κ1) is 12.0. The molecule has 84 valence electrons. The summed E-state index contributed by atoms with van der Waals surface area (Å²) in [5.74, 6) is 0.563. The van der Waals surface area contributed by atoms with Crippen LogP contribution in [0.25, 0.3) is 0 Å². The standard InChI is InChI=1S/C11H14N4O/c1-8(11(16)15(2)3)14-10-5-4-9(6-12)7-13-10/h4-5,7-8H,1-3H3,(H,13,14)/t8-/m0/s1. The fraction of sp³-hybridized carbons (Fsp3) is 0.364. The van der Waals surface area contributed by atoms with Crippen LogP contribution in [-0.4, -0.2) is 35.9 Å². The molecule has 0 aliphatic carbocycles. The Hall–Kier alpha value is -2.09. The molecule has 1 atom stereocenters. The summed E-state index contributed by atoms with van der Waals surface area (Å²) in [7, 11) is 3.40. The minimum Gasteiger partial charge on any atom is -0.359 e. The Morgan fingerprint density at radius 2 is 2.25 bits per heavy atom. The van der Waals surface area contributed by atoms with Gasteiger partial charge in [0.15, 0.2) is 0 Å². The first-order chi connectivity index (χ1) is 7.54. The second-order valence-corrected chi connectivity index (χ2v) is 3.64. The SMILES string of the molecule is C[C@H](Nc1ccc(C#N)cn1)C(=O)N(C)C. The summed E-state index contributed by atoms with van der Waals surface area (Å²) >= 11 is 0. The van der Waals surface area contributed by atoms with Gasteiger partial charge in [-0.25, -0.2) is 4.98 Å². The lowest BCUT2D eigenvalue weighted by Gasteiger charge is -2.18. The average Bonchev–Trinajstić information content (AvgIpc) is 2.28. The van der Waals surface area contributed by atoms with Gasteiger partial charge >= 0.3 is 0 Å². The molecular formula is C11H14N4O. The molecule has 5 nitrogen and oxygen atoms in total. The van der Waals surface area contributed by atoms with Crippen LogP contribution < -0.4 is 5.32 Å². The maximum Gasteiger partial charge on any atom is 0.244 e. The van der Waals surface area contributed by atoms with Gasteiger partial charge in [0, 0.05) is 20.3 Å². The Morgan fingerprint density at radius 1 is 1.56 bits per heavy atom. The summed E-state index contributed by atoms with van der Waals surface area (Å²) in [6, 6.07) is 4.98. The number of likely N-dealkylation sites (N-methyl/N-ethyl adjacent to an activating group) is 1. The maximum atomic E-state index is 11.6. The second-order valence-electron chi connectivity index (χ2n) is 3.64. The van der Waals surface area contributed by atoms with Crippen molar-refractivity contribution in [2.24, 2.45) is 0 Å². The van der Waals surface area contributed by atoms with E-state index in [-0.39, 0.29) is 11.9 Å². The van der Waals surface area contributed by atoms with Crippen LogP contribution in [0.2, 0.25) is 0 Å². The van der Waals surface area contributed by atoms with Crippen LogP contribution in [0.1, 0.15) is 12.5 Å². The van der Waals surface area contributed by atoms with Gasteiger partial charge in [-0.05, 0) is 19.1 Å². The number of nitrogens with zero attached hydrogens (tertiary/aromatic N) is 3. The molecule has 5 heteroatoms. The number of hydrogen-bond donors (Lipinski definition) is 1. The number of carbonyl (C=O) groups excluding carboxylic acids is 1. The van der Waals surface area contributed by atoms with Crippen molar-refractivity contribution < 1.29 is 4.79 Å². The summed E-state index contributed by atoms with van der Waals surface area (Å²) in [6.07, 6.45) is 1.47. The van der Waals surface area contributed by atoms with Crippen molar-refractivity contribution in [3.8, 4) is 6.07 Å². The zero-order valence-electron chi connectivity index (χ0n) is 9.56. The van der Waals surface area contributed by atoms with E-state index in [9.17, 15) is 4.79 Å². The molecule has 0 unspecified atom stereocenters. The number of anilines is 1. The van der Waals surface area contributed by atoms with Gasteiger partial charge < -0.3 is 10.2 Å². The molecule has 16 heavy (non-hydrogen) atoms. The molecule has 0 radical (unpaired) electrons. The molecule has 0 aliphatic rings. The van der Waals surface area contributed by atoms with Gasteiger partial charge in [0.25, 0.3) is 0 Å². The first-order valence-corrected chi connectivity index (χ1v) is 4.88. The number of carbonyl (C=O) groups is 1. The summed E-state index contributed by atoms with van der Waals surface area (Å²) in [6.45, 7) is 1.77. The van der Waals surface area contributed by atoms with Crippen LogP contribution >= 0.6 is 0 Å². The third-order valence-electron chi connectivity index (χ3n) is 2.07. The highest BCUT2D eigenvalue weighted by Gasteiger charge is 2.14. The van der Waals surface area contributed by atoms with Crippen molar-refractivity contribution in [2.75, 3.05) is 19.4 Å².